The molecule has 0 bridgehead atoms. The zero-order valence-electron chi connectivity index (χ0n) is 7.12. The SMILES string of the molecule is O=C([O-])c1cccc(-n2cncn2)c1. The van der Waals surface area contributed by atoms with Crippen molar-refractivity contribution in [2.24, 2.45) is 0 Å². The number of carbonyl (C=O) groups is 1. The predicted octanol–water partition coefficient (Wildman–Crippen LogP) is -0.369. The summed E-state index contributed by atoms with van der Waals surface area (Å²) in [7, 11) is 0. The Morgan fingerprint density at radius 2 is 2.29 bits per heavy atom. The molecule has 0 radical (unpaired) electrons. The molecule has 0 unspecified atom stereocenters. The largest absolute Gasteiger partial charge is 0.545 e. The Balaban J connectivity index is 2.46. The van der Waals surface area contributed by atoms with Crippen molar-refractivity contribution >= 4 is 5.97 Å². The molecular weight excluding hydrogens is 182 g/mol. The van der Waals surface area contributed by atoms with Gasteiger partial charge in [-0.15, -0.1) is 0 Å². The van der Waals surface area contributed by atoms with Gasteiger partial charge in [-0.25, -0.2) is 9.67 Å². The first-order valence-corrected chi connectivity index (χ1v) is 3.94. The Labute approximate surface area is 79.6 Å². The van der Waals surface area contributed by atoms with Crippen LogP contribution in [0.15, 0.2) is 36.9 Å². The third-order valence-electron chi connectivity index (χ3n) is 1.77. The molecule has 0 saturated heterocycles. The van der Waals surface area contributed by atoms with E-state index in [1.54, 1.807) is 12.1 Å². The first kappa shape index (κ1) is 8.43. The zero-order chi connectivity index (χ0) is 9.97. The van der Waals surface area contributed by atoms with Gasteiger partial charge in [0.25, 0.3) is 0 Å². The number of hydrogen-bond acceptors (Lipinski definition) is 4. The highest BCUT2D eigenvalue weighted by Crippen LogP contribution is 2.07. The molecule has 5 nitrogen and oxygen atoms in total. The van der Waals surface area contributed by atoms with Gasteiger partial charge in [0.1, 0.15) is 12.7 Å². The highest BCUT2D eigenvalue weighted by atomic mass is 16.4. The van der Waals surface area contributed by atoms with Gasteiger partial charge in [-0.3, -0.25) is 0 Å². The molecule has 1 aromatic carbocycles. The van der Waals surface area contributed by atoms with Gasteiger partial charge in [0.05, 0.1) is 11.7 Å². The predicted molar refractivity (Wildman–Crippen MR) is 45.7 cm³/mol. The maximum atomic E-state index is 10.6. The molecule has 0 N–H and O–H groups in total. The molecule has 0 aliphatic carbocycles. The minimum Gasteiger partial charge on any atom is -0.545 e. The van der Waals surface area contributed by atoms with Crippen LogP contribution in [0.2, 0.25) is 0 Å². The Morgan fingerprint density at radius 1 is 1.43 bits per heavy atom. The summed E-state index contributed by atoms with van der Waals surface area (Å²) in [5, 5.41) is 14.4. The van der Waals surface area contributed by atoms with Gasteiger partial charge in [0, 0.05) is 0 Å². The minimum absolute atomic E-state index is 0.123. The van der Waals surface area contributed by atoms with Gasteiger partial charge >= 0.3 is 0 Å². The summed E-state index contributed by atoms with van der Waals surface area (Å²) >= 11 is 0. The lowest BCUT2D eigenvalue weighted by atomic mass is 10.2. The summed E-state index contributed by atoms with van der Waals surface area (Å²) in [4.78, 5) is 14.3. The number of carbonyl (C=O) groups excluding carboxylic acids is 1. The van der Waals surface area contributed by atoms with Crippen LogP contribution in [0.4, 0.5) is 0 Å². The molecular formula is C9H6N3O2-. The Morgan fingerprint density at radius 3 is 2.93 bits per heavy atom. The van der Waals surface area contributed by atoms with Gasteiger partial charge in [-0.1, -0.05) is 12.1 Å². The lowest BCUT2D eigenvalue weighted by Crippen LogP contribution is -2.22. The Hall–Kier alpha value is -2.17. The fourth-order valence-electron chi connectivity index (χ4n) is 1.12. The van der Waals surface area contributed by atoms with Crippen molar-refractivity contribution in [3.8, 4) is 5.69 Å². The van der Waals surface area contributed by atoms with Gasteiger partial charge < -0.3 is 9.90 Å². The van der Waals surface area contributed by atoms with Crippen LogP contribution in [0.25, 0.3) is 5.69 Å². The summed E-state index contributed by atoms with van der Waals surface area (Å²) in [6.45, 7) is 0. The van der Waals surface area contributed by atoms with E-state index in [0.717, 1.165) is 0 Å². The quantitative estimate of drug-likeness (QED) is 0.644. The number of hydrogen-bond donors (Lipinski definition) is 0. The van der Waals surface area contributed by atoms with Crippen LogP contribution in [-0.2, 0) is 0 Å². The van der Waals surface area contributed by atoms with Gasteiger partial charge in [-0.05, 0) is 17.7 Å². The fourth-order valence-corrected chi connectivity index (χ4v) is 1.12. The van der Waals surface area contributed by atoms with Crippen LogP contribution in [0.5, 0.6) is 0 Å². The van der Waals surface area contributed by atoms with E-state index in [4.69, 9.17) is 0 Å². The second-order valence-electron chi connectivity index (χ2n) is 2.68. The number of carboxylic acids is 1. The van der Waals surface area contributed by atoms with E-state index >= 15 is 0 Å². The molecule has 0 aliphatic heterocycles. The van der Waals surface area contributed by atoms with Crippen molar-refractivity contribution < 1.29 is 9.90 Å². The molecule has 1 heterocycles. The van der Waals surface area contributed by atoms with Gasteiger partial charge in [0.2, 0.25) is 0 Å². The van der Waals surface area contributed by atoms with Gasteiger partial charge in [-0.2, -0.15) is 5.10 Å². The first-order valence-electron chi connectivity index (χ1n) is 3.94. The summed E-state index contributed by atoms with van der Waals surface area (Å²) in [5.74, 6) is -1.20. The fraction of sp³-hybridized carbons (Fsp3) is 0. The van der Waals surface area contributed by atoms with Crippen molar-refractivity contribution in [2.45, 2.75) is 0 Å². The number of aromatic carboxylic acids is 1. The average molecular weight is 188 g/mol. The smallest absolute Gasteiger partial charge is 0.138 e. The van der Waals surface area contributed by atoms with Crippen LogP contribution in [0.1, 0.15) is 10.4 Å². The van der Waals surface area contributed by atoms with E-state index in [1.807, 2.05) is 0 Å². The number of carboxylic acid groups (broad SMARTS) is 1. The van der Waals surface area contributed by atoms with E-state index < -0.39 is 5.97 Å². The lowest BCUT2D eigenvalue weighted by molar-refractivity contribution is -0.255. The van der Waals surface area contributed by atoms with Crippen LogP contribution in [-0.4, -0.2) is 20.7 Å². The molecule has 0 amide bonds. The van der Waals surface area contributed by atoms with E-state index in [9.17, 15) is 9.90 Å². The van der Waals surface area contributed by atoms with Crippen molar-refractivity contribution in [2.75, 3.05) is 0 Å². The molecule has 2 rings (SSSR count). The van der Waals surface area contributed by atoms with Crippen molar-refractivity contribution in [3.05, 3.63) is 42.5 Å². The Kier molecular flexibility index (Phi) is 1.98. The molecule has 14 heavy (non-hydrogen) atoms. The number of rotatable bonds is 2. The summed E-state index contributed by atoms with van der Waals surface area (Å²) in [5.41, 5.74) is 0.766. The minimum atomic E-state index is -1.20. The molecule has 5 heteroatoms. The monoisotopic (exact) mass is 188 g/mol. The molecule has 0 atom stereocenters. The molecule has 1 aromatic heterocycles. The topological polar surface area (TPSA) is 70.8 Å². The molecule has 0 aliphatic rings. The highest BCUT2D eigenvalue weighted by Gasteiger charge is 1.98. The zero-order valence-corrected chi connectivity index (χ0v) is 7.12. The van der Waals surface area contributed by atoms with Crippen LogP contribution in [0.3, 0.4) is 0 Å². The second kappa shape index (κ2) is 3.29. The van der Waals surface area contributed by atoms with Crippen LogP contribution in [0, 0.1) is 0 Å². The van der Waals surface area contributed by atoms with Gasteiger partial charge in [0.15, 0.2) is 0 Å². The first-order chi connectivity index (χ1) is 6.77. The molecule has 0 spiro atoms. The summed E-state index contributed by atoms with van der Waals surface area (Å²) < 4.78 is 1.48. The van der Waals surface area contributed by atoms with Crippen molar-refractivity contribution in [3.63, 3.8) is 0 Å². The highest BCUT2D eigenvalue weighted by molar-refractivity contribution is 5.86. The summed E-state index contributed by atoms with van der Waals surface area (Å²) in [6, 6.07) is 6.31. The second-order valence-corrected chi connectivity index (χ2v) is 2.68. The lowest BCUT2D eigenvalue weighted by Gasteiger charge is -2.04. The van der Waals surface area contributed by atoms with Crippen molar-refractivity contribution in [1.82, 2.24) is 14.8 Å². The Bertz CT molecular complexity index is 451. The third kappa shape index (κ3) is 1.47. The number of aromatic nitrogens is 3. The number of benzene rings is 1. The maximum Gasteiger partial charge on any atom is 0.138 e. The van der Waals surface area contributed by atoms with Crippen LogP contribution < -0.4 is 5.11 Å². The molecule has 0 fully saturated rings. The average Bonchev–Trinajstić information content (AvgIpc) is 2.71. The normalized spacial score (nSPS) is 10.0. The standard InChI is InChI=1S/C9H7N3O2/c13-9(14)7-2-1-3-8(4-7)12-6-10-5-11-12/h1-6H,(H,13,14)/p-1. The van der Waals surface area contributed by atoms with E-state index in [0.29, 0.717) is 5.69 Å². The maximum absolute atomic E-state index is 10.6. The third-order valence-corrected chi connectivity index (χ3v) is 1.77. The molecule has 70 valence electrons. The van der Waals surface area contributed by atoms with E-state index in [-0.39, 0.29) is 5.56 Å². The number of nitrogens with zero attached hydrogens (tertiary/aromatic N) is 3. The van der Waals surface area contributed by atoms with E-state index in [1.165, 1.54) is 29.5 Å². The molecule has 2 aromatic rings. The molecule has 0 saturated carbocycles. The summed E-state index contributed by atoms with van der Waals surface area (Å²) in [6.07, 6.45) is 2.88. The van der Waals surface area contributed by atoms with Crippen molar-refractivity contribution in [1.29, 1.82) is 0 Å². The van der Waals surface area contributed by atoms with E-state index in [2.05, 4.69) is 10.1 Å². The van der Waals surface area contributed by atoms with Crippen LogP contribution >= 0.6 is 0 Å².